The molecule has 1 atom stereocenters. The maximum Gasteiger partial charge on any atom is 0.0995 e. The molecule has 13 heavy (non-hydrogen) atoms. The Labute approximate surface area is 78.0 Å². The van der Waals surface area contributed by atoms with Crippen molar-refractivity contribution < 1.29 is 0 Å². The molecule has 2 N–H and O–H groups in total. The number of rotatable bonds is 2. The summed E-state index contributed by atoms with van der Waals surface area (Å²) < 4.78 is 0. The van der Waals surface area contributed by atoms with Crippen LogP contribution in [0.15, 0.2) is 24.3 Å². The summed E-state index contributed by atoms with van der Waals surface area (Å²) in [6.45, 7) is 0. The van der Waals surface area contributed by atoms with Gasteiger partial charge >= 0.3 is 0 Å². The van der Waals surface area contributed by atoms with Crippen molar-refractivity contribution in [3.63, 3.8) is 0 Å². The Morgan fingerprint density at radius 2 is 2.08 bits per heavy atom. The first-order chi connectivity index (χ1) is 6.33. The van der Waals surface area contributed by atoms with E-state index >= 15 is 0 Å². The zero-order valence-corrected chi connectivity index (χ0v) is 7.40. The Morgan fingerprint density at radius 1 is 1.38 bits per heavy atom. The van der Waals surface area contributed by atoms with E-state index in [2.05, 4.69) is 6.07 Å². The second-order valence-electron chi connectivity index (χ2n) is 3.56. The van der Waals surface area contributed by atoms with E-state index in [4.69, 9.17) is 11.0 Å². The predicted molar refractivity (Wildman–Crippen MR) is 50.8 cm³/mol. The fourth-order valence-electron chi connectivity index (χ4n) is 1.60. The van der Waals surface area contributed by atoms with Crippen molar-refractivity contribution in [2.75, 3.05) is 0 Å². The van der Waals surface area contributed by atoms with Crippen molar-refractivity contribution in [3.8, 4) is 6.07 Å². The third-order valence-corrected chi connectivity index (χ3v) is 2.57. The monoisotopic (exact) mass is 172 g/mol. The summed E-state index contributed by atoms with van der Waals surface area (Å²) in [5.41, 5.74) is 7.76. The fourth-order valence-corrected chi connectivity index (χ4v) is 1.60. The molecule has 0 saturated heterocycles. The fraction of sp³-hybridized carbons (Fsp3) is 0.364. The van der Waals surface area contributed by atoms with Gasteiger partial charge in [-0.25, -0.2) is 0 Å². The highest BCUT2D eigenvalue weighted by atomic mass is 14.7. The molecule has 1 saturated carbocycles. The van der Waals surface area contributed by atoms with E-state index in [1.165, 1.54) is 12.8 Å². The summed E-state index contributed by atoms with van der Waals surface area (Å²) in [6, 6.07) is 9.86. The molecule has 0 heterocycles. The van der Waals surface area contributed by atoms with Crippen LogP contribution in [0, 0.1) is 17.2 Å². The van der Waals surface area contributed by atoms with Gasteiger partial charge in [0, 0.05) is 6.04 Å². The van der Waals surface area contributed by atoms with E-state index in [0.717, 1.165) is 11.1 Å². The number of nitrogens with two attached hydrogens (primary N) is 1. The average molecular weight is 172 g/mol. The van der Waals surface area contributed by atoms with Crippen LogP contribution in [0.4, 0.5) is 0 Å². The number of benzene rings is 1. The molecular weight excluding hydrogens is 160 g/mol. The molecule has 0 aliphatic heterocycles. The summed E-state index contributed by atoms with van der Waals surface area (Å²) in [5, 5.41) is 8.86. The van der Waals surface area contributed by atoms with E-state index in [1.807, 2.05) is 24.3 Å². The lowest BCUT2D eigenvalue weighted by atomic mass is 9.98. The van der Waals surface area contributed by atoms with Gasteiger partial charge in [-0.15, -0.1) is 0 Å². The van der Waals surface area contributed by atoms with Crippen LogP contribution in [0.5, 0.6) is 0 Å². The molecule has 2 rings (SSSR count). The molecule has 0 spiro atoms. The molecular formula is C11H12N2. The molecule has 1 aromatic rings. The van der Waals surface area contributed by atoms with Gasteiger partial charge in [0.15, 0.2) is 0 Å². The highest BCUT2D eigenvalue weighted by molar-refractivity contribution is 5.39. The summed E-state index contributed by atoms with van der Waals surface area (Å²) >= 11 is 0. The van der Waals surface area contributed by atoms with Crippen molar-refractivity contribution in [3.05, 3.63) is 35.4 Å². The summed E-state index contributed by atoms with van der Waals surface area (Å²) in [6.07, 6.45) is 2.42. The SMILES string of the molecule is N#Cc1ccccc1[C@@H](N)C1CC1. The molecule has 0 amide bonds. The lowest BCUT2D eigenvalue weighted by molar-refractivity contribution is 0.632. The minimum absolute atomic E-state index is 0.0656. The summed E-state index contributed by atoms with van der Waals surface area (Å²) in [4.78, 5) is 0. The molecule has 2 heteroatoms. The maximum atomic E-state index is 8.86. The largest absolute Gasteiger partial charge is 0.324 e. The van der Waals surface area contributed by atoms with Crippen molar-refractivity contribution in [2.45, 2.75) is 18.9 Å². The van der Waals surface area contributed by atoms with Crippen LogP contribution in [-0.4, -0.2) is 0 Å². The van der Waals surface area contributed by atoms with Crippen LogP contribution < -0.4 is 5.73 Å². The van der Waals surface area contributed by atoms with E-state index in [9.17, 15) is 0 Å². The minimum atomic E-state index is 0.0656. The molecule has 0 bridgehead atoms. The summed E-state index contributed by atoms with van der Waals surface area (Å²) in [5.74, 6) is 0.606. The van der Waals surface area contributed by atoms with Crippen LogP contribution >= 0.6 is 0 Å². The van der Waals surface area contributed by atoms with Gasteiger partial charge in [-0.3, -0.25) is 0 Å². The lowest BCUT2D eigenvalue weighted by Gasteiger charge is -2.11. The van der Waals surface area contributed by atoms with Crippen molar-refractivity contribution in [1.29, 1.82) is 5.26 Å². The van der Waals surface area contributed by atoms with Crippen LogP contribution in [0.2, 0.25) is 0 Å². The molecule has 0 radical (unpaired) electrons. The Morgan fingerprint density at radius 3 is 2.69 bits per heavy atom. The van der Waals surface area contributed by atoms with E-state index in [-0.39, 0.29) is 6.04 Å². The Hall–Kier alpha value is -1.33. The topological polar surface area (TPSA) is 49.8 Å². The zero-order valence-electron chi connectivity index (χ0n) is 7.40. The highest BCUT2D eigenvalue weighted by Crippen LogP contribution is 2.40. The van der Waals surface area contributed by atoms with Gasteiger partial charge in [-0.1, -0.05) is 18.2 Å². The first-order valence-corrected chi connectivity index (χ1v) is 4.57. The number of nitrogens with zero attached hydrogens (tertiary/aromatic N) is 1. The first kappa shape index (κ1) is 8.28. The molecule has 1 aromatic carbocycles. The van der Waals surface area contributed by atoms with Crippen LogP contribution in [0.1, 0.15) is 30.0 Å². The van der Waals surface area contributed by atoms with Gasteiger partial charge in [0.2, 0.25) is 0 Å². The number of hydrogen-bond acceptors (Lipinski definition) is 2. The third-order valence-electron chi connectivity index (χ3n) is 2.57. The smallest absolute Gasteiger partial charge is 0.0995 e. The van der Waals surface area contributed by atoms with Gasteiger partial charge in [-0.05, 0) is 30.4 Å². The molecule has 1 aliphatic carbocycles. The summed E-state index contributed by atoms with van der Waals surface area (Å²) in [7, 11) is 0. The number of hydrogen-bond donors (Lipinski definition) is 1. The molecule has 0 aromatic heterocycles. The van der Waals surface area contributed by atoms with Crippen molar-refractivity contribution in [1.82, 2.24) is 0 Å². The Kier molecular flexibility index (Phi) is 2.03. The van der Waals surface area contributed by atoms with E-state index in [1.54, 1.807) is 0 Å². The second kappa shape index (κ2) is 3.20. The van der Waals surface area contributed by atoms with Crippen LogP contribution in [0.3, 0.4) is 0 Å². The van der Waals surface area contributed by atoms with E-state index in [0.29, 0.717) is 5.92 Å². The first-order valence-electron chi connectivity index (χ1n) is 4.57. The molecule has 0 unspecified atom stereocenters. The molecule has 1 fully saturated rings. The Balaban J connectivity index is 2.32. The minimum Gasteiger partial charge on any atom is -0.324 e. The van der Waals surface area contributed by atoms with Crippen LogP contribution in [0.25, 0.3) is 0 Å². The predicted octanol–water partition coefficient (Wildman–Crippen LogP) is 1.97. The van der Waals surface area contributed by atoms with Gasteiger partial charge in [-0.2, -0.15) is 5.26 Å². The highest BCUT2D eigenvalue weighted by Gasteiger charge is 2.30. The van der Waals surface area contributed by atoms with Crippen molar-refractivity contribution >= 4 is 0 Å². The number of nitriles is 1. The van der Waals surface area contributed by atoms with Gasteiger partial charge in [0.05, 0.1) is 11.6 Å². The van der Waals surface area contributed by atoms with Gasteiger partial charge in [0.1, 0.15) is 0 Å². The van der Waals surface area contributed by atoms with E-state index < -0.39 is 0 Å². The zero-order chi connectivity index (χ0) is 9.26. The average Bonchev–Trinajstić information content (AvgIpc) is 3.00. The third kappa shape index (κ3) is 1.56. The molecule has 1 aliphatic rings. The van der Waals surface area contributed by atoms with Gasteiger partial charge in [0.25, 0.3) is 0 Å². The maximum absolute atomic E-state index is 8.86. The lowest BCUT2D eigenvalue weighted by Crippen LogP contribution is -2.13. The van der Waals surface area contributed by atoms with Gasteiger partial charge < -0.3 is 5.73 Å². The van der Waals surface area contributed by atoms with Crippen LogP contribution in [-0.2, 0) is 0 Å². The molecule has 66 valence electrons. The Bertz CT molecular complexity index is 347. The normalized spacial score (nSPS) is 17.8. The standard InChI is InChI=1S/C11H12N2/c12-7-9-3-1-2-4-10(9)11(13)8-5-6-8/h1-4,8,11H,5-6,13H2/t11-/m0/s1. The molecule has 2 nitrogen and oxygen atoms in total. The van der Waals surface area contributed by atoms with Crippen molar-refractivity contribution in [2.24, 2.45) is 11.7 Å². The second-order valence-corrected chi connectivity index (χ2v) is 3.56. The quantitative estimate of drug-likeness (QED) is 0.741.